The molecule has 0 N–H and O–H groups in total. The van der Waals surface area contributed by atoms with Gasteiger partial charge in [0.25, 0.3) is 0 Å². The van der Waals surface area contributed by atoms with Crippen LogP contribution < -0.4 is 4.74 Å². The van der Waals surface area contributed by atoms with Crippen LogP contribution in [0.5, 0.6) is 5.75 Å². The number of benzene rings is 2. The van der Waals surface area contributed by atoms with E-state index < -0.39 is 0 Å². The normalized spacial score (nSPS) is 12.2. The highest BCUT2D eigenvalue weighted by atomic mass is 35.5. The van der Waals surface area contributed by atoms with Gasteiger partial charge in [-0.1, -0.05) is 42.0 Å². The van der Waals surface area contributed by atoms with Gasteiger partial charge < -0.3 is 4.74 Å². The van der Waals surface area contributed by atoms with E-state index >= 15 is 0 Å². The summed E-state index contributed by atoms with van der Waals surface area (Å²) in [5, 5.41) is 0.171. The fraction of sp³-hybridized carbons (Fsp3) is 0.333. The Morgan fingerprint density at radius 1 is 0.950 bits per heavy atom. The highest BCUT2D eigenvalue weighted by Gasteiger charge is 2.07. The summed E-state index contributed by atoms with van der Waals surface area (Å²) >= 11 is 6.44. The summed E-state index contributed by atoms with van der Waals surface area (Å²) < 4.78 is 5.16. The van der Waals surface area contributed by atoms with Gasteiger partial charge in [-0.15, -0.1) is 11.6 Å². The SMILES string of the molecule is COc1ccc(CC(Cl)CCc2ccc(C)cc2)cc1. The quantitative estimate of drug-likeness (QED) is 0.695. The Morgan fingerprint density at radius 3 is 2.15 bits per heavy atom. The molecule has 0 spiro atoms. The number of hydrogen-bond acceptors (Lipinski definition) is 1. The number of aryl methyl sites for hydroxylation is 2. The smallest absolute Gasteiger partial charge is 0.118 e. The third-order valence-corrected chi connectivity index (χ3v) is 3.86. The highest BCUT2D eigenvalue weighted by Crippen LogP contribution is 2.17. The molecule has 0 aliphatic heterocycles. The van der Waals surface area contributed by atoms with Gasteiger partial charge in [0, 0.05) is 5.38 Å². The van der Waals surface area contributed by atoms with Crippen molar-refractivity contribution in [2.75, 3.05) is 7.11 Å². The van der Waals surface area contributed by atoms with Gasteiger partial charge in [0.05, 0.1) is 7.11 Å². The molecule has 0 heterocycles. The first-order chi connectivity index (χ1) is 9.67. The molecular formula is C18H21ClO. The largest absolute Gasteiger partial charge is 0.497 e. The van der Waals surface area contributed by atoms with E-state index in [-0.39, 0.29) is 5.38 Å². The molecule has 2 rings (SSSR count). The van der Waals surface area contributed by atoms with Crippen molar-refractivity contribution in [3.63, 3.8) is 0 Å². The van der Waals surface area contributed by atoms with Gasteiger partial charge >= 0.3 is 0 Å². The molecule has 0 saturated carbocycles. The predicted octanol–water partition coefficient (Wildman–Crippen LogP) is 4.79. The van der Waals surface area contributed by atoms with Crippen molar-refractivity contribution >= 4 is 11.6 Å². The van der Waals surface area contributed by atoms with Crippen molar-refractivity contribution in [1.29, 1.82) is 0 Å². The molecule has 2 heteroatoms. The number of hydrogen-bond donors (Lipinski definition) is 0. The zero-order valence-corrected chi connectivity index (χ0v) is 12.9. The summed E-state index contributed by atoms with van der Waals surface area (Å²) in [6.45, 7) is 2.11. The second-order valence-corrected chi connectivity index (χ2v) is 5.79. The maximum atomic E-state index is 6.44. The Bertz CT molecular complexity index is 516. The second-order valence-electron chi connectivity index (χ2n) is 5.17. The lowest BCUT2D eigenvalue weighted by Crippen LogP contribution is -2.05. The molecule has 0 radical (unpaired) electrons. The van der Waals surface area contributed by atoms with Crippen LogP contribution in [0.3, 0.4) is 0 Å². The van der Waals surface area contributed by atoms with E-state index in [0.717, 1.165) is 25.0 Å². The number of alkyl halides is 1. The van der Waals surface area contributed by atoms with E-state index in [0.29, 0.717) is 0 Å². The van der Waals surface area contributed by atoms with Crippen molar-refractivity contribution in [3.05, 3.63) is 65.2 Å². The average molecular weight is 289 g/mol. The summed E-state index contributed by atoms with van der Waals surface area (Å²) in [4.78, 5) is 0. The molecule has 2 aromatic rings. The van der Waals surface area contributed by atoms with Gasteiger partial charge in [-0.3, -0.25) is 0 Å². The molecule has 0 fully saturated rings. The average Bonchev–Trinajstić information content (AvgIpc) is 2.47. The first kappa shape index (κ1) is 14.9. The van der Waals surface area contributed by atoms with Crippen LogP contribution in [-0.4, -0.2) is 12.5 Å². The van der Waals surface area contributed by atoms with Gasteiger partial charge in [0.15, 0.2) is 0 Å². The van der Waals surface area contributed by atoms with Crippen LogP contribution in [0, 0.1) is 6.92 Å². The lowest BCUT2D eigenvalue weighted by atomic mass is 10.0. The van der Waals surface area contributed by atoms with E-state index in [1.54, 1.807) is 7.11 Å². The zero-order chi connectivity index (χ0) is 14.4. The predicted molar refractivity (Wildman–Crippen MR) is 85.8 cm³/mol. The minimum atomic E-state index is 0.171. The molecule has 1 unspecified atom stereocenters. The Labute approximate surface area is 126 Å². The molecule has 1 nitrogen and oxygen atoms in total. The highest BCUT2D eigenvalue weighted by molar-refractivity contribution is 6.20. The number of rotatable bonds is 6. The molecule has 0 aromatic heterocycles. The fourth-order valence-corrected chi connectivity index (χ4v) is 2.48. The topological polar surface area (TPSA) is 9.23 Å². The van der Waals surface area contributed by atoms with E-state index in [9.17, 15) is 0 Å². The first-order valence-corrected chi connectivity index (χ1v) is 7.43. The van der Waals surface area contributed by atoms with Crippen LogP contribution in [-0.2, 0) is 12.8 Å². The Morgan fingerprint density at radius 2 is 1.55 bits per heavy atom. The van der Waals surface area contributed by atoms with Crippen molar-refractivity contribution in [3.8, 4) is 5.75 Å². The van der Waals surface area contributed by atoms with Crippen molar-refractivity contribution < 1.29 is 4.74 Å². The van der Waals surface area contributed by atoms with Gasteiger partial charge in [-0.25, -0.2) is 0 Å². The molecule has 0 aliphatic rings. The molecule has 20 heavy (non-hydrogen) atoms. The number of methoxy groups -OCH3 is 1. The molecule has 1 atom stereocenters. The van der Waals surface area contributed by atoms with Crippen LogP contribution in [0.25, 0.3) is 0 Å². The number of halogens is 1. The standard InChI is InChI=1S/C18H21ClO/c1-14-3-5-15(6-4-14)7-10-17(19)13-16-8-11-18(20-2)12-9-16/h3-6,8-9,11-12,17H,7,10,13H2,1-2H3. The molecular weight excluding hydrogens is 268 g/mol. The van der Waals surface area contributed by atoms with Crippen LogP contribution in [0.4, 0.5) is 0 Å². The molecule has 0 saturated heterocycles. The third kappa shape index (κ3) is 4.57. The molecule has 0 bridgehead atoms. The van der Waals surface area contributed by atoms with Crippen LogP contribution in [0.15, 0.2) is 48.5 Å². The van der Waals surface area contributed by atoms with Crippen molar-refractivity contribution in [2.24, 2.45) is 0 Å². The van der Waals surface area contributed by atoms with E-state index in [1.165, 1.54) is 16.7 Å². The Kier molecular flexibility index (Phi) is 5.49. The van der Waals surface area contributed by atoms with Gasteiger partial charge in [-0.05, 0) is 49.4 Å². The number of ether oxygens (including phenoxy) is 1. The first-order valence-electron chi connectivity index (χ1n) is 7.00. The summed E-state index contributed by atoms with van der Waals surface area (Å²) in [6.07, 6.45) is 2.93. The minimum Gasteiger partial charge on any atom is -0.497 e. The fourth-order valence-electron chi connectivity index (χ4n) is 2.20. The minimum absolute atomic E-state index is 0.171. The van der Waals surface area contributed by atoms with E-state index in [4.69, 9.17) is 16.3 Å². The summed E-state index contributed by atoms with van der Waals surface area (Å²) in [5.41, 5.74) is 3.92. The lowest BCUT2D eigenvalue weighted by Gasteiger charge is -2.10. The monoisotopic (exact) mass is 288 g/mol. The summed E-state index contributed by atoms with van der Waals surface area (Å²) in [6, 6.07) is 16.8. The van der Waals surface area contributed by atoms with Crippen LogP contribution in [0.2, 0.25) is 0 Å². The van der Waals surface area contributed by atoms with E-state index in [1.807, 2.05) is 12.1 Å². The maximum Gasteiger partial charge on any atom is 0.118 e. The van der Waals surface area contributed by atoms with Crippen molar-refractivity contribution in [2.45, 2.75) is 31.6 Å². The Hall–Kier alpha value is -1.47. The van der Waals surface area contributed by atoms with Crippen molar-refractivity contribution in [1.82, 2.24) is 0 Å². The summed E-state index contributed by atoms with van der Waals surface area (Å²) in [5.74, 6) is 0.888. The molecule has 2 aromatic carbocycles. The molecule has 0 aliphatic carbocycles. The summed E-state index contributed by atoms with van der Waals surface area (Å²) in [7, 11) is 1.68. The van der Waals surface area contributed by atoms with E-state index in [2.05, 4.69) is 43.3 Å². The molecule has 0 amide bonds. The van der Waals surface area contributed by atoms with Gasteiger partial charge in [0.2, 0.25) is 0 Å². The Balaban J connectivity index is 1.82. The lowest BCUT2D eigenvalue weighted by molar-refractivity contribution is 0.414. The van der Waals surface area contributed by atoms with Gasteiger partial charge in [0.1, 0.15) is 5.75 Å². The van der Waals surface area contributed by atoms with Crippen LogP contribution >= 0.6 is 11.6 Å². The maximum absolute atomic E-state index is 6.44. The molecule has 106 valence electrons. The third-order valence-electron chi connectivity index (χ3n) is 3.48. The zero-order valence-electron chi connectivity index (χ0n) is 12.1. The van der Waals surface area contributed by atoms with Crippen LogP contribution in [0.1, 0.15) is 23.1 Å². The van der Waals surface area contributed by atoms with Gasteiger partial charge in [-0.2, -0.15) is 0 Å². The second kappa shape index (κ2) is 7.35.